The third-order valence-electron chi connectivity index (χ3n) is 2.54. The van der Waals surface area contributed by atoms with E-state index in [1.54, 1.807) is 11.9 Å². The van der Waals surface area contributed by atoms with Crippen molar-refractivity contribution in [2.45, 2.75) is 20.8 Å². The van der Waals surface area contributed by atoms with Crippen LogP contribution in [0.5, 0.6) is 0 Å². The number of hydrogen-bond donors (Lipinski definition) is 1. The van der Waals surface area contributed by atoms with Gasteiger partial charge in [0.05, 0.1) is 11.4 Å². The van der Waals surface area contributed by atoms with Crippen LogP contribution >= 0.6 is 0 Å². The first-order valence-electron chi connectivity index (χ1n) is 4.55. The lowest BCUT2D eigenvalue weighted by atomic mass is 10.1. The van der Waals surface area contributed by atoms with Crippen molar-refractivity contribution < 1.29 is 4.79 Å². The number of carbonyl (C=O) groups is 1. The first-order valence-corrected chi connectivity index (χ1v) is 4.55. The molecular weight excluding hydrogens is 176 g/mol. The van der Waals surface area contributed by atoms with E-state index in [1.165, 1.54) is 6.92 Å². The molecule has 3 nitrogen and oxygen atoms in total. The average molecular weight is 192 g/mol. The molecule has 0 aliphatic rings. The first kappa shape index (κ1) is 10.6. The molecule has 0 atom stereocenters. The van der Waals surface area contributed by atoms with Crippen molar-refractivity contribution in [3.63, 3.8) is 0 Å². The molecule has 2 N–H and O–H groups in total. The summed E-state index contributed by atoms with van der Waals surface area (Å²) < 4.78 is 0. The quantitative estimate of drug-likeness (QED) is 0.690. The van der Waals surface area contributed by atoms with Crippen LogP contribution in [0.1, 0.15) is 18.1 Å². The lowest BCUT2D eigenvalue weighted by Gasteiger charge is -2.21. The summed E-state index contributed by atoms with van der Waals surface area (Å²) in [5.74, 6) is -0.00889. The van der Waals surface area contributed by atoms with Crippen molar-refractivity contribution in [1.82, 2.24) is 0 Å². The molecule has 1 aromatic carbocycles. The zero-order valence-electron chi connectivity index (χ0n) is 9.09. The highest BCUT2D eigenvalue weighted by Crippen LogP contribution is 2.28. The number of hydrogen-bond acceptors (Lipinski definition) is 2. The SMILES string of the molecule is CC(=O)N(C)c1c(N)ccc(C)c1C. The van der Waals surface area contributed by atoms with E-state index in [4.69, 9.17) is 5.73 Å². The molecule has 0 aliphatic carbocycles. The molecule has 1 aromatic rings. The number of rotatable bonds is 1. The van der Waals surface area contributed by atoms with Gasteiger partial charge in [-0.2, -0.15) is 0 Å². The van der Waals surface area contributed by atoms with E-state index in [0.29, 0.717) is 5.69 Å². The third kappa shape index (κ3) is 1.71. The van der Waals surface area contributed by atoms with Crippen molar-refractivity contribution >= 4 is 17.3 Å². The van der Waals surface area contributed by atoms with Crippen LogP contribution in [0.2, 0.25) is 0 Å². The molecule has 76 valence electrons. The lowest BCUT2D eigenvalue weighted by Crippen LogP contribution is -2.25. The van der Waals surface area contributed by atoms with Gasteiger partial charge in [0.25, 0.3) is 0 Å². The second-order valence-corrected chi connectivity index (χ2v) is 3.52. The molecule has 3 heteroatoms. The van der Waals surface area contributed by atoms with Crippen LogP contribution in [0.25, 0.3) is 0 Å². The smallest absolute Gasteiger partial charge is 0.223 e. The molecule has 0 radical (unpaired) electrons. The van der Waals surface area contributed by atoms with Gasteiger partial charge in [0.2, 0.25) is 5.91 Å². The van der Waals surface area contributed by atoms with Crippen LogP contribution in [0.15, 0.2) is 12.1 Å². The van der Waals surface area contributed by atoms with Gasteiger partial charge in [-0.15, -0.1) is 0 Å². The Morgan fingerprint density at radius 1 is 1.36 bits per heavy atom. The van der Waals surface area contributed by atoms with Gasteiger partial charge in [-0.3, -0.25) is 4.79 Å². The molecule has 0 spiro atoms. The number of carbonyl (C=O) groups excluding carboxylic acids is 1. The Morgan fingerprint density at radius 2 is 1.93 bits per heavy atom. The number of benzene rings is 1. The van der Waals surface area contributed by atoms with E-state index >= 15 is 0 Å². The van der Waals surface area contributed by atoms with Crippen molar-refractivity contribution in [1.29, 1.82) is 0 Å². The third-order valence-corrected chi connectivity index (χ3v) is 2.54. The van der Waals surface area contributed by atoms with E-state index in [1.807, 2.05) is 26.0 Å². The average Bonchev–Trinajstić information content (AvgIpc) is 2.12. The first-order chi connectivity index (χ1) is 6.45. The number of anilines is 2. The maximum Gasteiger partial charge on any atom is 0.223 e. The van der Waals surface area contributed by atoms with Crippen LogP contribution in [0.3, 0.4) is 0 Å². The minimum absolute atomic E-state index is 0.00889. The Balaban J connectivity index is 3.32. The van der Waals surface area contributed by atoms with Crippen molar-refractivity contribution in [3.05, 3.63) is 23.3 Å². The largest absolute Gasteiger partial charge is 0.397 e. The molecule has 0 fully saturated rings. The highest BCUT2D eigenvalue weighted by molar-refractivity contribution is 5.95. The van der Waals surface area contributed by atoms with E-state index in [2.05, 4.69) is 0 Å². The fourth-order valence-corrected chi connectivity index (χ4v) is 1.42. The fraction of sp³-hybridized carbons (Fsp3) is 0.364. The monoisotopic (exact) mass is 192 g/mol. The minimum atomic E-state index is -0.00889. The summed E-state index contributed by atoms with van der Waals surface area (Å²) in [6.45, 7) is 5.51. The fourth-order valence-electron chi connectivity index (χ4n) is 1.42. The molecule has 0 saturated heterocycles. The Morgan fingerprint density at radius 3 is 2.43 bits per heavy atom. The van der Waals surface area contributed by atoms with Crippen molar-refractivity contribution in [2.75, 3.05) is 17.7 Å². The standard InChI is InChI=1S/C11H16N2O/c1-7-5-6-10(12)11(8(7)2)13(4)9(3)14/h5-6H,12H2,1-4H3. The molecular formula is C11H16N2O. The van der Waals surface area contributed by atoms with Gasteiger partial charge in [-0.05, 0) is 31.0 Å². The highest BCUT2D eigenvalue weighted by atomic mass is 16.2. The van der Waals surface area contributed by atoms with Crippen LogP contribution in [0.4, 0.5) is 11.4 Å². The second-order valence-electron chi connectivity index (χ2n) is 3.52. The summed E-state index contributed by atoms with van der Waals surface area (Å²) in [5, 5.41) is 0. The molecule has 1 amide bonds. The Bertz CT molecular complexity index is 372. The predicted octanol–water partition coefficient (Wildman–Crippen LogP) is 1.87. The van der Waals surface area contributed by atoms with Crippen LogP contribution in [0, 0.1) is 13.8 Å². The molecule has 1 rings (SSSR count). The zero-order valence-corrected chi connectivity index (χ0v) is 9.09. The Labute approximate surface area is 84.5 Å². The van der Waals surface area contributed by atoms with Gasteiger partial charge in [0, 0.05) is 14.0 Å². The Hall–Kier alpha value is -1.51. The number of nitrogens with zero attached hydrogens (tertiary/aromatic N) is 1. The normalized spacial score (nSPS) is 10.0. The van der Waals surface area contributed by atoms with Crippen molar-refractivity contribution in [2.24, 2.45) is 0 Å². The summed E-state index contributed by atoms with van der Waals surface area (Å²) in [7, 11) is 1.74. The maximum absolute atomic E-state index is 11.2. The molecule has 0 aromatic heterocycles. The minimum Gasteiger partial charge on any atom is -0.397 e. The van der Waals surface area contributed by atoms with E-state index < -0.39 is 0 Å². The van der Waals surface area contributed by atoms with Gasteiger partial charge in [0.1, 0.15) is 0 Å². The lowest BCUT2D eigenvalue weighted by molar-refractivity contribution is -0.116. The summed E-state index contributed by atoms with van der Waals surface area (Å²) >= 11 is 0. The molecule has 14 heavy (non-hydrogen) atoms. The summed E-state index contributed by atoms with van der Waals surface area (Å²) in [6, 6.07) is 3.79. The molecule has 0 aliphatic heterocycles. The van der Waals surface area contributed by atoms with Gasteiger partial charge in [0.15, 0.2) is 0 Å². The van der Waals surface area contributed by atoms with Gasteiger partial charge in [-0.25, -0.2) is 0 Å². The predicted molar refractivity (Wildman–Crippen MR) is 59.4 cm³/mol. The number of nitrogen functional groups attached to an aromatic ring is 1. The number of amides is 1. The van der Waals surface area contributed by atoms with Gasteiger partial charge < -0.3 is 10.6 Å². The topological polar surface area (TPSA) is 46.3 Å². The number of nitrogens with two attached hydrogens (primary N) is 1. The Kier molecular flexibility index (Phi) is 2.79. The van der Waals surface area contributed by atoms with Crippen LogP contribution < -0.4 is 10.6 Å². The van der Waals surface area contributed by atoms with E-state index in [9.17, 15) is 4.79 Å². The van der Waals surface area contributed by atoms with Gasteiger partial charge >= 0.3 is 0 Å². The summed E-state index contributed by atoms with van der Waals surface area (Å²) in [6.07, 6.45) is 0. The van der Waals surface area contributed by atoms with E-state index in [-0.39, 0.29) is 5.91 Å². The summed E-state index contributed by atoms with van der Waals surface area (Å²) in [5.41, 5.74) is 9.50. The number of aryl methyl sites for hydroxylation is 1. The second kappa shape index (κ2) is 3.70. The van der Waals surface area contributed by atoms with E-state index in [0.717, 1.165) is 16.8 Å². The zero-order chi connectivity index (χ0) is 10.9. The molecule has 0 unspecified atom stereocenters. The highest BCUT2D eigenvalue weighted by Gasteiger charge is 2.13. The summed E-state index contributed by atoms with van der Waals surface area (Å²) in [4.78, 5) is 12.8. The molecule has 0 heterocycles. The molecule has 0 bridgehead atoms. The maximum atomic E-state index is 11.2. The van der Waals surface area contributed by atoms with Gasteiger partial charge in [-0.1, -0.05) is 6.07 Å². The van der Waals surface area contributed by atoms with Crippen molar-refractivity contribution in [3.8, 4) is 0 Å². The van der Waals surface area contributed by atoms with Crippen LogP contribution in [-0.4, -0.2) is 13.0 Å². The van der Waals surface area contributed by atoms with Crippen LogP contribution in [-0.2, 0) is 4.79 Å². The molecule has 0 saturated carbocycles.